The Bertz CT molecular complexity index is 842. The summed E-state index contributed by atoms with van der Waals surface area (Å²) in [6.07, 6.45) is 6.79. The van der Waals surface area contributed by atoms with E-state index in [2.05, 4.69) is 19.9 Å². The minimum atomic E-state index is -0.304. The third-order valence-corrected chi connectivity index (χ3v) is 4.02. The van der Waals surface area contributed by atoms with E-state index in [4.69, 9.17) is 5.73 Å². The standard InChI is InChI=1S/C14H14N6O/c15-12(21)10-2-1-5-20(10)14-11-8-3-4-16-13(8)17-6-9(11)18-7-19-14/h3-4,6-7,10H,1-2,5H2,(H2,15,21)(H,18,19). The summed E-state index contributed by atoms with van der Waals surface area (Å²) >= 11 is 0. The predicted molar refractivity (Wildman–Crippen MR) is 78.8 cm³/mol. The third-order valence-electron chi connectivity index (χ3n) is 4.02. The molecule has 0 aliphatic carbocycles. The van der Waals surface area contributed by atoms with Crippen LogP contribution in [-0.2, 0) is 4.79 Å². The first-order chi connectivity index (χ1) is 10.3. The van der Waals surface area contributed by atoms with Crippen molar-refractivity contribution in [2.24, 2.45) is 5.73 Å². The second-order valence-corrected chi connectivity index (χ2v) is 5.21. The van der Waals surface area contributed by atoms with Crippen LogP contribution in [0.3, 0.4) is 0 Å². The normalized spacial score (nSPS) is 18.7. The molecule has 1 unspecified atom stereocenters. The van der Waals surface area contributed by atoms with Crippen LogP contribution < -0.4 is 10.6 Å². The lowest BCUT2D eigenvalue weighted by molar-refractivity contribution is -0.119. The van der Waals surface area contributed by atoms with E-state index in [0.29, 0.717) is 5.65 Å². The average Bonchev–Trinajstić information content (AvgIpc) is 3.15. The van der Waals surface area contributed by atoms with E-state index in [-0.39, 0.29) is 11.9 Å². The topological polar surface area (TPSA) is 101 Å². The van der Waals surface area contributed by atoms with Crippen molar-refractivity contribution >= 4 is 33.7 Å². The number of carbonyl (C=O) groups is 1. The van der Waals surface area contributed by atoms with Crippen molar-refractivity contribution < 1.29 is 4.79 Å². The highest BCUT2D eigenvalue weighted by Gasteiger charge is 2.31. The molecule has 4 rings (SSSR count). The van der Waals surface area contributed by atoms with Crippen LogP contribution in [-0.4, -0.2) is 38.4 Å². The zero-order valence-electron chi connectivity index (χ0n) is 11.3. The van der Waals surface area contributed by atoms with Crippen LogP contribution in [0.1, 0.15) is 12.8 Å². The molecule has 1 saturated heterocycles. The Morgan fingerprint density at radius 3 is 3.14 bits per heavy atom. The molecule has 4 heterocycles. The number of rotatable bonds is 2. The molecule has 106 valence electrons. The number of pyridine rings is 1. The number of aromatic nitrogens is 4. The van der Waals surface area contributed by atoms with E-state index in [1.807, 2.05) is 11.0 Å². The van der Waals surface area contributed by atoms with Crippen LogP contribution in [0.25, 0.3) is 21.9 Å². The number of H-pyrrole nitrogens is 1. The second-order valence-electron chi connectivity index (χ2n) is 5.21. The monoisotopic (exact) mass is 282 g/mol. The molecule has 0 spiro atoms. The Morgan fingerprint density at radius 1 is 1.38 bits per heavy atom. The molecule has 0 bridgehead atoms. The first-order valence-electron chi connectivity index (χ1n) is 6.88. The summed E-state index contributed by atoms with van der Waals surface area (Å²) < 4.78 is 0. The minimum Gasteiger partial charge on any atom is -0.368 e. The molecule has 0 radical (unpaired) electrons. The van der Waals surface area contributed by atoms with Crippen LogP contribution in [0.4, 0.5) is 5.82 Å². The summed E-state index contributed by atoms with van der Waals surface area (Å²) in [7, 11) is 0. The van der Waals surface area contributed by atoms with Gasteiger partial charge in [0.2, 0.25) is 5.91 Å². The van der Waals surface area contributed by atoms with Gasteiger partial charge in [-0.25, -0.2) is 15.0 Å². The smallest absolute Gasteiger partial charge is 0.240 e. The lowest BCUT2D eigenvalue weighted by Gasteiger charge is -2.24. The van der Waals surface area contributed by atoms with Crippen LogP contribution in [0, 0.1) is 0 Å². The van der Waals surface area contributed by atoms with Gasteiger partial charge in [0.1, 0.15) is 11.9 Å². The van der Waals surface area contributed by atoms with Gasteiger partial charge in [-0.05, 0) is 18.9 Å². The molecule has 1 fully saturated rings. The van der Waals surface area contributed by atoms with Crippen molar-refractivity contribution in [3.05, 3.63) is 24.8 Å². The number of nitrogens with two attached hydrogens (primary N) is 1. The lowest BCUT2D eigenvalue weighted by atomic mass is 10.1. The Balaban J connectivity index is 2.00. The number of nitrogens with zero attached hydrogens (tertiary/aromatic N) is 4. The highest BCUT2D eigenvalue weighted by molar-refractivity contribution is 6.09. The van der Waals surface area contributed by atoms with Crippen molar-refractivity contribution in [3.63, 3.8) is 0 Å². The molecule has 3 aromatic rings. The van der Waals surface area contributed by atoms with Gasteiger partial charge in [-0.3, -0.25) is 4.79 Å². The molecule has 7 heteroatoms. The van der Waals surface area contributed by atoms with Gasteiger partial charge in [-0.2, -0.15) is 0 Å². The third kappa shape index (κ3) is 1.74. The molecule has 1 aliphatic rings. The highest BCUT2D eigenvalue weighted by Crippen LogP contribution is 2.33. The fourth-order valence-corrected chi connectivity index (χ4v) is 3.07. The molecule has 7 nitrogen and oxygen atoms in total. The van der Waals surface area contributed by atoms with Crippen molar-refractivity contribution in [3.8, 4) is 0 Å². The Hall–Kier alpha value is -2.70. The van der Waals surface area contributed by atoms with Gasteiger partial charge < -0.3 is 15.6 Å². The summed E-state index contributed by atoms with van der Waals surface area (Å²) in [4.78, 5) is 29.7. The van der Waals surface area contributed by atoms with Gasteiger partial charge in [-0.1, -0.05) is 0 Å². The summed E-state index contributed by atoms with van der Waals surface area (Å²) in [5.41, 5.74) is 7.07. The summed E-state index contributed by atoms with van der Waals surface area (Å²) in [6, 6.07) is 1.62. The Kier molecular flexibility index (Phi) is 2.53. The molecular weight excluding hydrogens is 268 g/mol. The molecule has 1 aliphatic heterocycles. The lowest BCUT2D eigenvalue weighted by Crippen LogP contribution is -2.40. The van der Waals surface area contributed by atoms with Crippen LogP contribution in [0.15, 0.2) is 24.8 Å². The summed E-state index contributed by atoms with van der Waals surface area (Å²) in [5, 5.41) is 1.87. The number of nitrogens with one attached hydrogen (secondary N) is 1. The van der Waals surface area contributed by atoms with E-state index in [1.54, 1.807) is 18.7 Å². The van der Waals surface area contributed by atoms with Gasteiger partial charge >= 0.3 is 0 Å². The zero-order chi connectivity index (χ0) is 14.4. The quantitative estimate of drug-likeness (QED) is 0.729. The van der Waals surface area contributed by atoms with E-state index >= 15 is 0 Å². The maximum Gasteiger partial charge on any atom is 0.240 e. The number of fused-ring (bicyclic) bond motifs is 3. The molecule has 0 aromatic carbocycles. The average molecular weight is 282 g/mol. The number of aromatic amines is 1. The number of anilines is 1. The number of primary amides is 1. The van der Waals surface area contributed by atoms with Crippen molar-refractivity contribution in [1.82, 2.24) is 19.9 Å². The molecule has 3 aromatic heterocycles. The molecule has 21 heavy (non-hydrogen) atoms. The largest absolute Gasteiger partial charge is 0.368 e. The fourth-order valence-electron chi connectivity index (χ4n) is 3.07. The Morgan fingerprint density at radius 2 is 2.29 bits per heavy atom. The summed E-state index contributed by atoms with van der Waals surface area (Å²) in [5.74, 6) is 0.465. The van der Waals surface area contributed by atoms with Gasteiger partial charge in [0.05, 0.1) is 23.4 Å². The van der Waals surface area contributed by atoms with E-state index < -0.39 is 0 Å². The molecule has 1 amide bonds. The maximum absolute atomic E-state index is 11.7. The van der Waals surface area contributed by atoms with Gasteiger partial charge in [0, 0.05) is 18.1 Å². The van der Waals surface area contributed by atoms with Crippen LogP contribution in [0.5, 0.6) is 0 Å². The van der Waals surface area contributed by atoms with Gasteiger partial charge in [0.15, 0.2) is 5.65 Å². The zero-order valence-corrected chi connectivity index (χ0v) is 11.3. The van der Waals surface area contributed by atoms with Gasteiger partial charge in [0.25, 0.3) is 0 Å². The number of hydrogen-bond acceptors (Lipinski definition) is 5. The fraction of sp³-hybridized carbons (Fsp3) is 0.286. The highest BCUT2D eigenvalue weighted by atomic mass is 16.1. The summed E-state index contributed by atoms with van der Waals surface area (Å²) in [6.45, 7) is 0.775. The van der Waals surface area contributed by atoms with Crippen molar-refractivity contribution in [1.29, 1.82) is 0 Å². The molecule has 0 saturated carbocycles. The molecule has 3 N–H and O–H groups in total. The first-order valence-corrected chi connectivity index (χ1v) is 6.88. The second kappa shape index (κ2) is 4.41. The van der Waals surface area contributed by atoms with Crippen LogP contribution >= 0.6 is 0 Å². The number of amides is 1. The minimum absolute atomic E-state index is 0.297. The molecule has 1 atom stereocenters. The Labute approximate surface area is 120 Å². The molecular formula is C14H14N6O. The van der Waals surface area contributed by atoms with E-state index in [1.165, 1.54) is 0 Å². The van der Waals surface area contributed by atoms with Crippen molar-refractivity contribution in [2.45, 2.75) is 18.9 Å². The first kappa shape index (κ1) is 12.1. The maximum atomic E-state index is 11.7. The van der Waals surface area contributed by atoms with Gasteiger partial charge in [-0.15, -0.1) is 0 Å². The van der Waals surface area contributed by atoms with E-state index in [9.17, 15) is 4.79 Å². The SMILES string of the molecule is NC(=O)C1CCCN1c1nc[nH]c2cnc3nccc3c12. The number of carbonyl (C=O) groups excluding carboxylic acids is 1. The number of hydrogen-bond donors (Lipinski definition) is 2. The van der Waals surface area contributed by atoms with Crippen LogP contribution in [0.2, 0.25) is 0 Å². The van der Waals surface area contributed by atoms with Crippen molar-refractivity contribution in [2.75, 3.05) is 11.4 Å². The predicted octanol–water partition coefficient (Wildman–Crippen LogP) is 0.960. The van der Waals surface area contributed by atoms with E-state index in [0.717, 1.165) is 41.5 Å².